The van der Waals surface area contributed by atoms with Gasteiger partial charge in [0.2, 0.25) is 11.8 Å². The molecule has 1 aromatic heterocycles. The average Bonchev–Trinajstić information content (AvgIpc) is 3.23. The van der Waals surface area contributed by atoms with Crippen molar-refractivity contribution in [3.05, 3.63) is 50.7 Å². The molecule has 2 aromatic rings. The van der Waals surface area contributed by atoms with Gasteiger partial charge in [-0.1, -0.05) is 11.6 Å². The van der Waals surface area contributed by atoms with Gasteiger partial charge in [-0.2, -0.15) is 0 Å². The monoisotopic (exact) mass is 322 g/mol. The summed E-state index contributed by atoms with van der Waals surface area (Å²) in [6.45, 7) is 0.0544. The molecule has 0 radical (unpaired) electrons. The van der Waals surface area contributed by atoms with Crippen LogP contribution in [0.1, 0.15) is 40.9 Å². The summed E-state index contributed by atoms with van der Waals surface area (Å²) in [5.41, 5.74) is -0.146. The van der Waals surface area contributed by atoms with Crippen molar-refractivity contribution in [2.75, 3.05) is 0 Å². The standard InChI is InChI=1S/C13H11ClN4O4/c14-9-3-8(4-10(5-9)18(20)21)12(19)15-6-11-16-17-13(22-11)7-1-2-7/h3-5,7H,1-2,6H2,(H,15,19). The lowest BCUT2D eigenvalue weighted by atomic mass is 10.2. The van der Waals surface area contributed by atoms with Gasteiger partial charge >= 0.3 is 0 Å². The van der Waals surface area contributed by atoms with Crippen molar-refractivity contribution in [3.63, 3.8) is 0 Å². The lowest BCUT2D eigenvalue weighted by Gasteiger charge is -2.03. The molecule has 0 bridgehead atoms. The van der Waals surface area contributed by atoms with Crippen molar-refractivity contribution in [3.8, 4) is 0 Å². The molecule has 3 rings (SSSR count). The molecule has 1 fully saturated rings. The number of amides is 1. The van der Waals surface area contributed by atoms with E-state index in [2.05, 4.69) is 15.5 Å². The Kier molecular flexibility index (Phi) is 3.76. The Labute approximate surface area is 129 Å². The Morgan fingerprint density at radius 1 is 1.41 bits per heavy atom. The van der Waals surface area contributed by atoms with E-state index >= 15 is 0 Å². The Morgan fingerprint density at radius 3 is 2.86 bits per heavy atom. The fraction of sp³-hybridized carbons (Fsp3) is 0.308. The summed E-state index contributed by atoms with van der Waals surface area (Å²) in [5, 5.41) is 21.2. The minimum Gasteiger partial charge on any atom is -0.423 e. The van der Waals surface area contributed by atoms with Crippen LogP contribution in [0.4, 0.5) is 5.69 Å². The molecule has 1 amide bonds. The van der Waals surface area contributed by atoms with Gasteiger partial charge in [0.25, 0.3) is 11.6 Å². The SMILES string of the molecule is O=C(NCc1nnc(C2CC2)o1)c1cc(Cl)cc([N+](=O)[O-])c1. The first-order chi connectivity index (χ1) is 10.5. The summed E-state index contributed by atoms with van der Waals surface area (Å²) in [7, 11) is 0. The van der Waals surface area contributed by atoms with Crippen molar-refractivity contribution in [1.82, 2.24) is 15.5 Å². The Hall–Kier alpha value is -2.48. The number of hydrogen-bond donors (Lipinski definition) is 1. The van der Waals surface area contributed by atoms with E-state index < -0.39 is 10.8 Å². The van der Waals surface area contributed by atoms with Gasteiger partial charge in [-0.3, -0.25) is 14.9 Å². The molecule has 1 aromatic carbocycles. The van der Waals surface area contributed by atoms with Crippen LogP contribution in [0.25, 0.3) is 0 Å². The first-order valence-corrected chi connectivity index (χ1v) is 6.96. The molecule has 0 unspecified atom stereocenters. The van der Waals surface area contributed by atoms with Gasteiger partial charge < -0.3 is 9.73 Å². The number of hydrogen-bond acceptors (Lipinski definition) is 6. The maximum absolute atomic E-state index is 12.0. The van der Waals surface area contributed by atoms with Gasteiger partial charge in [0, 0.05) is 28.6 Å². The van der Waals surface area contributed by atoms with Crippen LogP contribution in [0.2, 0.25) is 5.02 Å². The van der Waals surface area contributed by atoms with Crippen molar-refractivity contribution in [2.45, 2.75) is 25.3 Å². The fourth-order valence-electron chi connectivity index (χ4n) is 1.90. The second kappa shape index (κ2) is 5.72. The highest BCUT2D eigenvalue weighted by Crippen LogP contribution is 2.38. The second-order valence-electron chi connectivity index (χ2n) is 4.95. The first-order valence-electron chi connectivity index (χ1n) is 6.58. The maximum atomic E-state index is 12.0. The lowest BCUT2D eigenvalue weighted by Crippen LogP contribution is -2.23. The van der Waals surface area contributed by atoms with Crippen molar-refractivity contribution >= 4 is 23.2 Å². The topological polar surface area (TPSA) is 111 Å². The van der Waals surface area contributed by atoms with Gasteiger partial charge in [0.1, 0.15) is 0 Å². The van der Waals surface area contributed by atoms with Crippen LogP contribution < -0.4 is 5.32 Å². The number of carbonyl (C=O) groups excluding carboxylic acids is 1. The molecule has 114 valence electrons. The van der Waals surface area contributed by atoms with E-state index in [1.807, 2.05) is 0 Å². The zero-order valence-electron chi connectivity index (χ0n) is 11.3. The number of nitrogens with one attached hydrogen (secondary N) is 1. The molecule has 0 saturated heterocycles. The van der Waals surface area contributed by atoms with Gasteiger partial charge in [-0.05, 0) is 18.9 Å². The van der Waals surface area contributed by atoms with Crippen LogP contribution >= 0.6 is 11.6 Å². The van der Waals surface area contributed by atoms with Gasteiger partial charge in [-0.15, -0.1) is 10.2 Å². The Balaban J connectivity index is 1.67. The van der Waals surface area contributed by atoms with Crippen LogP contribution in [0, 0.1) is 10.1 Å². The summed E-state index contributed by atoms with van der Waals surface area (Å²) in [6.07, 6.45) is 2.08. The van der Waals surface area contributed by atoms with Gasteiger partial charge in [0.05, 0.1) is 11.5 Å². The molecule has 8 nitrogen and oxygen atoms in total. The average molecular weight is 323 g/mol. The summed E-state index contributed by atoms with van der Waals surface area (Å²) >= 11 is 5.78. The Bertz CT molecular complexity index is 741. The lowest BCUT2D eigenvalue weighted by molar-refractivity contribution is -0.384. The molecule has 1 heterocycles. The number of nitro benzene ring substituents is 1. The molecule has 0 spiro atoms. The highest BCUT2D eigenvalue weighted by molar-refractivity contribution is 6.31. The minimum absolute atomic E-state index is 0.0544. The van der Waals surface area contributed by atoms with Crippen LogP contribution in [0.3, 0.4) is 0 Å². The predicted octanol–water partition coefficient (Wildman–Crippen LogP) is 2.44. The molecule has 1 saturated carbocycles. The molecule has 9 heteroatoms. The van der Waals surface area contributed by atoms with Crippen LogP contribution in [-0.2, 0) is 6.54 Å². The number of rotatable bonds is 5. The molecular formula is C13H11ClN4O4. The first kappa shape index (κ1) is 14.5. The van der Waals surface area contributed by atoms with E-state index in [0.717, 1.165) is 18.9 Å². The van der Waals surface area contributed by atoms with Crippen molar-refractivity contribution in [2.24, 2.45) is 0 Å². The molecule has 22 heavy (non-hydrogen) atoms. The zero-order chi connectivity index (χ0) is 15.7. The third-order valence-electron chi connectivity index (χ3n) is 3.16. The van der Waals surface area contributed by atoms with Crippen LogP contribution in [0.15, 0.2) is 22.6 Å². The number of non-ortho nitro benzene ring substituents is 1. The molecule has 1 N–H and O–H groups in total. The quantitative estimate of drug-likeness (QED) is 0.668. The molecule has 0 atom stereocenters. The number of carbonyl (C=O) groups is 1. The fourth-order valence-corrected chi connectivity index (χ4v) is 2.13. The smallest absolute Gasteiger partial charge is 0.271 e. The molecule has 0 aliphatic heterocycles. The summed E-state index contributed by atoms with van der Waals surface area (Å²) in [4.78, 5) is 22.2. The third kappa shape index (κ3) is 3.22. The third-order valence-corrected chi connectivity index (χ3v) is 3.38. The molecule has 1 aliphatic carbocycles. The van der Waals surface area contributed by atoms with Crippen LogP contribution in [-0.4, -0.2) is 21.0 Å². The summed E-state index contributed by atoms with van der Waals surface area (Å²) in [5.74, 6) is 0.721. The van der Waals surface area contributed by atoms with Gasteiger partial charge in [0.15, 0.2) is 0 Å². The van der Waals surface area contributed by atoms with E-state index in [-0.39, 0.29) is 22.8 Å². The minimum atomic E-state index is -0.609. The number of nitro groups is 1. The number of benzene rings is 1. The highest BCUT2D eigenvalue weighted by Gasteiger charge is 2.29. The van der Waals surface area contributed by atoms with E-state index in [4.69, 9.17) is 16.0 Å². The van der Waals surface area contributed by atoms with E-state index in [1.165, 1.54) is 12.1 Å². The number of aromatic nitrogens is 2. The van der Waals surface area contributed by atoms with E-state index in [0.29, 0.717) is 17.7 Å². The largest absolute Gasteiger partial charge is 0.423 e. The Morgan fingerprint density at radius 2 is 2.18 bits per heavy atom. The zero-order valence-corrected chi connectivity index (χ0v) is 12.0. The van der Waals surface area contributed by atoms with E-state index in [9.17, 15) is 14.9 Å². The highest BCUT2D eigenvalue weighted by atomic mass is 35.5. The van der Waals surface area contributed by atoms with Gasteiger partial charge in [-0.25, -0.2) is 0 Å². The predicted molar refractivity (Wildman–Crippen MR) is 75.5 cm³/mol. The second-order valence-corrected chi connectivity index (χ2v) is 5.38. The number of nitrogens with zero attached hydrogens (tertiary/aromatic N) is 3. The number of halogens is 1. The van der Waals surface area contributed by atoms with E-state index in [1.54, 1.807) is 0 Å². The maximum Gasteiger partial charge on any atom is 0.271 e. The van der Waals surface area contributed by atoms with Crippen molar-refractivity contribution < 1.29 is 14.1 Å². The normalized spacial score (nSPS) is 13.9. The van der Waals surface area contributed by atoms with Crippen LogP contribution in [0.5, 0.6) is 0 Å². The molecular weight excluding hydrogens is 312 g/mol. The molecule has 1 aliphatic rings. The van der Waals surface area contributed by atoms with Crippen molar-refractivity contribution in [1.29, 1.82) is 0 Å². The summed E-state index contributed by atoms with van der Waals surface area (Å²) in [6, 6.07) is 3.69. The summed E-state index contributed by atoms with van der Waals surface area (Å²) < 4.78 is 5.41.